The number of para-hydroxylation sites is 1. The summed E-state index contributed by atoms with van der Waals surface area (Å²) in [6, 6.07) is 12.6. The lowest BCUT2D eigenvalue weighted by Crippen LogP contribution is -2.12. The quantitative estimate of drug-likeness (QED) is 0.721. The van der Waals surface area contributed by atoms with Crippen LogP contribution in [-0.4, -0.2) is 16.7 Å². The number of methoxy groups -OCH3 is 1. The summed E-state index contributed by atoms with van der Waals surface area (Å²) in [4.78, 5) is 15.7. The molecule has 0 aliphatic carbocycles. The number of nitrogens with two attached hydrogens (primary N) is 1. The molecule has 2 aromatic carbocycles. The second-order valence-corrected chi connectivity index (χ2v) is 4.37. The summed E-state index contributed by atoms with van der Waals surface area (Å²) in [5.41, 5.74) is 7.71. The second kappa shape index (κ2) is 4.70. The molecule has 0 spiro atoms. The lowest BCUT2D eigenvalue weighted by atomic mass is 10.2. The lowest BCUT2D eigenvalue weighted by Gasteiger charge is -2.14. The van der Waals surface area contributed by atoms with E-state index in [0.717, 1.165) is 11.2 Å². The van der Waals surface area contributed by atoms with Gasteiger partial charge >= 0.3 is 0 Å². The number of ether oxygens (including phenoxy) is 1. The molecule has 2 N–H and O–H groups in total. The number of benzene rings is 2. The minimum atomic E-state index is -0.250. The Bertz CT molecular complexity index is 840. The zero-order valence-electron chi connectivity index (χ0n) is 10.9. The molecule has 20 heavy (non-hydrogen) atoms. The predicted octanol–water partition coefficient (Wildman–Crippen LogP) is 1.98. The van der Waals surface area contributed by atoms with E-state index in [-0.39, 0.29) is 5.56 Å². The van der Waals surface area contributed by atoms with Gasteiger partial charge in [-0.15, -0.1) is 0 Å². The topological polar surface area (TPSA) is 70.1 Å². The van der Waals surface area contributed by atoms with E-state index in [9.17, 15) is 4.79 Å². The molecule has 1 aromatic heterocycles. The maximum absolute atomic E-state index is 11.8. The molecule has 0 bridgehead atoms. The van der Waals surface area contributed by atoms with Crippen molar-refractivity contribution in [3.63, 3.8) is 0 Å². The van der Waals surface area contributed by atoms with Crippen LogP contribution < -0.4 is 16.0 Å². The standard InChI is InChI=1S/C15H13N3O2/c1-20-14-7-6-10(16)8-13(14)18-9-17-15(19)11-4-2-3-5-12(11)18/h2-9H,16H2,1H3. The lowest BCUT2D eigenvalue weighted by molar-refractivity contribution is 0.413. The molecule has 0 fully saturated rings. The van der Waals surface area contributed by atoms with E-state index >= 15 is 0 Å². The number of anilines is 1. The van der Waals surface area contributed by atoms with Crippen LogP contribution in [0.5, 0.6) is 5.75 Å². The fourth-order valence-corrected chi connectivity index (χ4v) is 2.19. The summed E-state index contributed by atoms with van der Waals surface area (Å²) in [7, 11) is 1.59. The van der Waals surface area contributed by atoms with Crippen molar-refractivity contribution in [2.75, 3.05) is 12.8 Å². The summed E-state index contributed by atoms with van der Waals surface area (Å²) in [6.45, 7) is 0. The molecule has 5 nitrogen and oxygen atoms in total. The average molecular weight is 267 g/mol. The van der Waals surface area contributed by atoms with Gasteiger partial charge in [-0.3, -0.25) is 9.36 Å². The van der Waals surface area contributed by atoms with E-state index in [1.165, 1.54) is 6.33 Å². The highest BCUT2D eigenvalue weighted by molar-refractivity contribution is 5.80. The average Bonchev–Trinajstić information content (AvgIpc) is 2.48. The molecule has 1 heterocycles. The SMILES string of the molecule is COc1ccc(N)cc1-n1cnc(=O)c2ccccc21. The Balaban J connectivity index is 2.39. The minimum absolute atomic E-state index is 0.250. The fraction of sp³-hybridized carbons (Fsp3) is 0.0667. The minimum Gasteiger partial charge on any atom is -0.495 e. The van der Waals surface area contributed by atoms with Crippen molar-refractivity contribution < 1.29 is 4.74 Å². The van der Waals surface area contributed by atoms with Gasteiger partial charge in [0, 0.05) is 5.69 Å². The van der Waals surface area contributed by atoms with Crippen LogP contribution in [0.3, 0.4) is 0 Å². The molecule has 3 rings (SSSR count). The number of hydrogen-bond donors (Lipinski definition) is 1. The molecule has 0 amide bonds. The molecule has 0 atom stereocenters. The van der Waals surface area contributed by atoms with E-state index in [0.29, 0.717) is 16.8 Å². The molecule has 0 saturated heterocycles. The van der Waals surface area contributed by atoms with Crippen molar-refractivity contribution >= 4 is 16.6 Å². The van der Waals surface area contributed by atoms with E-state index in [4.69, 9.17) is 10.5 Å². The Labute approximate surface area is 115 Å². The van der Waals surface area contributed by atoms with Crippen molar-refractivity contribution in [1.29, 1.82) is 0 Å². The highest BCUT2D eigenvalue weighted by atomic mass is 16.5. The number of rotatable bonds is 2. The van der Waals surface area contributed by atoms with Crippen LogP contribution in [0.25, 0.3) is 16.6 Å². The normalized spacial score (nSPS) is 10.7. The number of nitrogens with zero attached hydrogens (tertiary/aromatic N) is 2. The summed E-state index contributed by atoms with van der Waals surface area (Å²) < 4.78 is 7.15. The smallest absolute Gasteiger partial charge is 0.280 e. The van der Waals surface area contributed by atoms with Gasteiger partial charge in [0.2, 0.25) is 0 Å². The van der Waals surface area contributed by atoms with Gasteiger partial charge in [-0.2, -0.15) is 4.98 Å². The summed E-state index contributed by atoms with van der Waals surface area (Å²) in [5.74, 6) is 0.662. The first-order valence-corrected chi connectivity index (χ1v) is 6.11. The monoisotopic (exact) mass is 267 g/mol. The van der Waals surface area contributed by atoms with Crippen LogP contribution >= 0.6 is 0 Å². The van der Waals surface area contributed by atoms with E-state index in [2.05, 4.69) is 4.98 Å². The third-order valence-corrected chi connectivity index (χ3v) is 3.15. The van der Waals surface area contributed by atoms with Crippen LogP contribution in [0.1, 0.15) is 0 Å². The third kappa shape index (κ3) is 1.89. The van der Waals surface area contributed by atoms with Gasteiger partial charge in [0.05, 0.1) is 23.7 Å². The first-order chi connectivity index (χ1) is 9.70. The van der Waals surface area contributed by atoms with Crippen molar-refractivity contribution in [3.05, 3.63) is 59.1 Å². The first kappa shape index (κ1) is 12.2. The third-order valence-electron chi connectivity index (χ3n) is 3.15. The molecule has 0 aliphatic rings. The molecule has 0 saturated carbocycles. The number of fused-ring (bicyclic) bond motifs is 1. The van der Waals surface area contributed by atoms with Crippen LogP contribution in [0.15, 0.2) is 53.6 Å². The van der Waals surface area contributed by atoms with Gasteiger partial charge in [0.15, 0.2) is 0 Å². The van der Waals surface area contributed by atoms with Gasteiger partial charge in [-0.25, -0.2) is 0 Å². The first-order valence-electron chi connectivity index (χ1n) is 6.11. The van der Waals surface area contributed by atoms with Crippen molar-refractivity contribution in [2.24, 2.45) is 0 Å². The van der Waals surface area contributed by atoms with Crippen LogP contribution in [0.2, 0.25) is 0 Å². The van der Waals surface area contributed by atoms with Crippen LogP contribution in [0, 0.1) is 0 Å². The summed E-state index contributed by atoms with van der Waals surface area (Å²) in [6.07, 6.45) is 1.49. The molecular weight excluding hydrogens is 254 g/mol. The molecule has 0 radical (unpaired) electrons. The van der Waals surface area contributed by atoms with Gasteiger partial charge in [-0.05, 0) is 30.3 Å². The van der Waals surface area contributed by atoms with E-state index in [1.54, 1.807) is 35.9 Å². The van der Waals surface area contributed by atoms with E-state index in [1.807, 2.05) is 18.2 Å². The predicted molar refractivity (Wildman–Crippen MR) is 78.3 cm³/mol. The number of nitrogen functional groups attached to an aromatic ring is 1. The van der Waals surface area contributed by atoms with Crippen molar-refractivity contribution in [3.8, 4) is 11.4 Å². The summed E-state index contributed by atoms with van der Waals surface area (Å²) >= 11 is 0. The highest BCUT2D eigenvalue weighted by Gasteiger charge is 2.09. The maximum Gasteiger partial charge on any atom is 0.280 e. The van der Waals surface area contributed by atoms with Crippen molar-refractivity contribution in [2.45, 2.75) is 0 Å². The molecule has 5 heteroatoms. The Morgan fingerprint density at radius 1 is 1.20 bits per heavy atom. The molecule has 0 aliphatic heterocycles. The molecular formula is C15H13N3O2. The van der Waals surface area contributed by atoms with E-state index < -0.39 is 0 Å². The van der Waals surface area contributed by atoms with Gasteiger partial charge in [0.25, 0.3) is 5.56 Å². The maximum atomic E-state index is 11.8. The van der Waals surface area contributed by atoms with Gasteiger partial charge in [0.1, 0.15) is 12.1 Å². The molecule has 0 unspecified atom stereocenters. The summed E-state index contributed by atoms with van der Waals surface area (Å²) in [5, 5.41) is 0.555. The zero-order valence-corrected chi connectivity index (χ0v) is 10.9. The Morgan fingerprint density at radius 3 is 2.80 bits per heavy atom. The number of hydrogen-bond acceptors (Lipinski definition) is 4. The highest BCUT2D eigenvalue weighted by Crippen LogP contribution is 2.27. The van der Waals surface area contributed by atoms with Crippen LogP contribution in [0.4, 0.5) is 5.69 Å². The van der Waals surface area contributed by atoms with Crippen LogP contribution in [-0.2, 0) is 0 Å². The van der Waals surface area contributed by atoms with Crippen molar-refractivity contribution in [1.82, 2.24) is 9.55 Å². The Kier molecular flexibility index (Phi) is 2.87. The molecule has 100 valence electrons. The molecule has 3 aromatic rings. The Morgan fingerprint density at radius 2 is 2.00 bits per heavy atom. The Hall–Kier alpha value is -2.82. The van der Waals surface area contributed by atoms with Gasteiger partial charge in [-0.1, -0.05) is 12.1 Å². The second-order valence-electron chi connectivity index (χ2n) is 4.37. The fourth-order valence-electron chi connectivity index (χ4n) is 2.19. The zero-order chi connectivity index (χ0) is 14.1. The van der Waals surface area contributed by atoms with Gasteiger partial charge < -0.3 is 10.5 Å². The number of aromatic nitrogens is 2. The largest absolute Gasteiger partial charge is 0.495 e.